The highest BCUT2D eigenvalue weighted by Crippen LogP contribution is 2.29. The number of nitrogens with one attached hydrogen (secondary N) is 1. The lowest BCUT2D eigenvalue weighted by Gasteiger charge is -2.24. The third kappa shape index (κ3) is 5.36. The fraction of sp³-hybridized carbons (Fsp3) is 0.200. The highest BCUT2D eigenvalue weighted by atomic mass is 35.5. The highest BCUT2D eigenvalue weighted by molar-refractivity contribution is 7.92. The molecule has 0 atom stereocenters. The Bertz CT molecular complexity index is 1020. The van der Waals surface area contributed by atoms with Crippen LogP contribution in [-0.4, -0.2) is 33.4 Å². The summed E-state index contributed by atoms with van der Waals surface area (Å²) in [6.45, 7) is 6.84. The van der Waals surface area contributed by atoms with Crippen LogP contribution in [0.15, 0.2) is 60.0 Å². The van der Waals surface area contributed by atoms with Gasteiger partial charge in [-0.1, -0.05) is 17.7 Å². The fourth-order valence-corrected chi connectivity index (χ4v) is 4.21. The summed E-state index contributed by atoms with van der Waals surface area (Å²) < 4.78 is 32.3. The lowest BCUT2D eigenvalue weighted by Crippen LogP contribution is -2.31. The molecule has 154 valence electrons. The van der Waals surface area contributed by atoms with Gasteiger partial charge in [0.15, 0.2) is 0 Å². The van der Waals surface area contributed by atoms with E-state index in [1.54, 1.807) is 6.92 Å². The zero-order chi connectivity index (χ0) is 21.6. The molecular formula is C20H21ClN2O5S. The van der Waals surface area contributed by atoms with Crippen molar-refractivity contribution in [3.05, 3.63) is 65.7 Å². The standard InChI is InChI=1S/C20H21ClN2O5S/c1-4-12-23(16-8-11-18(19(21)13-16)20(25)28-5-2)29(26,27)17-9-6-15(7-10-17)22-14(3)24/h4,6-11,13H,1,5,12H2,2-3H3,(H,22,24). The topological polar surface area (TPSA) is 92.8 Å². The molecular weight excluding hydrogens is 416 g/mol. The molecule has 0 saturated heterocycles. The molecule has 1 N–H and O–H groups in total. The van der Waals surface area contributed by atoms with Gasteiger partial charge in [-0.25, -0.2) is 13.2 Å². The number of hydrogen-bond donors (Lipinski definition) is 1. The summed E-state index contributed by atoms with van der Waals surface area (Å²) in [6.07, 6.45) is 1.44. The van der Waals surface area contributed by atoms with Crippen LogP contribution in [-0.2, 0) is 19.6 Å². The summed E-state index contributed by atoms with van der Waals surface area (Å²) in [5.74, 6) is -0.846. The minimum atomic E-state index is -3.95. The minimum Gasteiger partial charge on any atom is -0.462 e. The number of amides is 1. The summed E-state index contributed by atoms with van der Waals surface area (Å²) in [5.41, 5.74) is 0.898. The van der Waals surface area contributed by atoms with Gasteiger partial charge in [0.1, 0.15) is 0 Å². The van der Waals surface area contributed by atoms with Gasteiger partial charge >= 0.3 is 5.97 Å². The van der Waals surface area contributed by atoms with Crippen LogP contribution in [0, 0.1) is 0 Å². The molecule has 0 aromatic heterocycles. The number of carbonyl (C=O) groups is 2. The molecule has 2 aromatic carbocycles. The van der Waals surface area contributed by atoms with Crippen LogP contribution >= 0.6 is 11.6 Å². The number of carbonyl (C=O) groups excluding carboxylic acids is 2. The number of halogens is 1. The Morgan fingerprint density at radius 3 is 2.38 bits per heavy atom. The molecule has 2 aromatic rings. The number of rotatable bonds is 8. The molecule has 1 amide bonds. The first kappa shape index (κ1) is 22.4. The van der Waals surface area contributed by atoms with Crippen molar-refractivity contribution in [3.8, 4) is 0 Å². The Hall–Kier alpha value is -2.84. The van der Waals surface area contributed by atoms with Gasteiger partial charge in [0.25, 0.3) is 10.0 Å². The van der Waals surface area contributed by atoms with Gasteiger partial charge in [-0.3, -0.25) is 9.10 Å². The van der Waals surface area contributed by atoms with Crippen LogP contribution in [0.2, 0.25) is 5.02 Å². The maximum Gasteiger partial charge on any atom is 0.339 e. The molecule has 2 rings (SSSR count). The van der Waals surface area contributed by atoms with Crippen LogP contribution in [0.3, 0.4) is 0 Å². The van der Waals surface area contributed by atoms with Crippen LogP contribution < -0.4 is 9.62 Å². The van der Waals surface area contributed by atoms with Gasteiger partial charge in [0.05, 0.1) is 34.3 Å². The molecule has 0 spiro atoms. The molecule has 0 aliphatic carbocycles. The smallest absolute Gasteiger partial charge is 0.339 e. The number of benzene rings is 2. The van der Waals surface area contributed by atoms with Crippen molar-refractivity contribution in [1.29, 1.82) is 0 Å². The zero-order valence-electron chi connectivity index (χ0n) is 16.0. The van der Waals surface area contributed by atoms with Crippen molar-refractivity contribution < 1.29 is 22.7 Å². The minimum absolute atomic E-state index is 0.00906. The van der Waals surface area contributed by atoms with Crippen molar-refractivity contribution in [3.63, 3.8) is 0 Å². The first-order valence-electron chi connectivity index (χ1n) is 8.68. The molecule has 9 heteroatoms. The molecule has 0 fully saturated rings. The van der Waals surface area contributed by atoms with Gasteiger partial charge in [-0.15, -0.1) is 6.58 Å². The molecule has 7 nitrogen and oxygen atoms in total. The number of hydrogen-bond acceptors (Lipinski definition) is 5. The Morgan fingerprint density at radius 1 is 1.21 bits per heavy atom. The van der Waals surface area contributed by atoms with Crippen LogP contribution in [0.4, 0.5) is 11.4 Å². The van der Waals surface area contributed by atoms with E-state index >= 15 is 0 Å². The summed E-state index contributed by atoms with van der Waals surface area (Å²) >= 11 is 6.18. The molecule has 0 aliphatic rings. The Labute approximate surface area is 175 Å². The first-order chi connectivity index (χ1) is 13.7. The molecule has 0 aliphatic heterocycles. The molecule has 0 saturated carbocycles. The summed E-state index contributed by atoms with van der Waals surface area (Å²) in [4.78, 5) is 23.1. The molecule has 29 heavy (non-hydrogen) atoms. The average Bonchev–Trinajstić information content (AvgIpc) is 2.66. The third-order valence-electron chi connectivity index (χ3n) is 3.79. The fourth-order valence-electron chi connectivity index (χ4n) is 2.53. The SMILES string of the molecule is C=CCN(c1ccc(C(=O)OCC)c(Cl)c1)S(=O)(=O)c1ccc(NC(C)=O)cc1. The quantitative estimate of drug-likeness (QED) is 0.501. The van der Waals surface area contributed by atoms with Crippen LogP contribution in [0.5, 0.6) is 0 Å². The Balaban J connectivity index is 2.41. The molecule has 0 radical (unpaired) electrons. The highest BCUT2D eigenvalue weighted by Gasteiger charge is 2.25. The van der Waals surface area contributed by atoms with E-state index in [2.05, 4.69) is 11.9 Å². The van der Waals surface area contributed by atoms with E-state index in [9.17, 15) is 18.0 Å². The van der Waals surface area contributed by atoms with Gasteiger partial charge in [-0.05, 0) is 49.4 Å². The molecule has 0 unspecified atom stereocenters. The maximum atomic E-state index is 13.1. The van der Waals surface area contributed by atoms with E-state index < -0.39 is 16.0 Å². The Morgan fingerprint density at radius 2 is 1.86 bits per heavy atom. The van der Waals surface area contributed by atoms with E-state index in [1.807, 2.05) is 0 Å². The first-order valence-corrected chi connectivity index (χ1v) is 10.5. The summed E-state index contributed by atoms with van der Waals surface area (Å²) in [5, 5.41) is 2.65. The van der Waals surface area contributed by atoms with Gasteiger partial charge in [0.2, 0.25) is 5.91 Å². The predicted molar refractivity (Wildman–Crippen MR) is 113 cm³/mol. The van der Waals surface area contributed by atoms with E-state index in [-0.39, 0.29) is 40.2 Å². The average molecular weight is 437 g/mol. The monoisotopic (exact) mass is 436 g/mol. The number of anilines is 2. The largest absolute Gasteiger partial charge is 0.462 e. The van der Waals surface area contributed by atoms with E-state index in [0.717, 1.165) is 4.31 Å². The predicted octanol–water partition coefficient (Wildman–Crippen LogP) is 3.86. The van der Waals surface area contributed by atoms with Gasteiger partial charge in [0, 0.05) is 12.6 Å². The number of ether oxygens (including phenoxy) is 1. The third-order valence-corrected chi connectivity index (χ3v) is 5.91. The van der Waals surface area contributed by atoms with Crippen molar-refractivity contribution in [2.45, 2.75) is 18.7 Å². The number of nitrogens with zero attached hydrogens (tertiary/aromatic N) is 1. The number of esters is 1. The van der Waals surface area contributed by atoms with Crippen molar-refractivity contribution in [2.75, 3.05) is 22.8 Å². The van der Waals surface area contributed by atoms with Crippen molar-refractivity contribution >= 4 is 44.9 Å². The van der Waals surface area contributed by atoms with Gasteiger partial charge < -0.3 is 10.1 Å². The van der Waals surface area contributed by atoms with Crippen molar-refractivity contribution in [1.82, 2.24) is 0 Å². The van der Waals surface area contributed by atoms with Crippen LogP contribution in [0.25, 0.3) is 0 Å². The Kier molecular flexibility index (Phi) is 7.41. The van der Waals surface area contributed by atoms with Crippen LogP contribution in [0.1, 0.15) is 24.2 Å². The number of sulfonamides is 1. The summed E-state index contributed by atoms with van der Waals surface area (Å²) in [7, 11) is -3.95. The van der Waals surface area contributed by atoms with Crippen molar-refractivity contribution in [2.24, 2.45) is 0 Å². The maximum absolute atomic E-state index is 13.1. The van der Waals surface area contributed by atoms with E-state index in [0.29, 0.717) is 5.69 Å². The second kappa shape index (κ2) is 9.58. The molecule has 0 heterocycles. The lowest BCUT2D eigenvalue weighted by atomic mass is 10.2. The second-order valence-corrected chi connectivity index (χ2v) is 8.18. The van der Waals surface area contributed by atoms with E-state index in [4.69, 9.17) is 16.3 Å². The zero-order valence-corrected chi connectivity index (χ0v) is 17.6. The van der Waals surface area contributed by atoms with E-state index in [1.165, 1.54) is 55.5 Å². The van der Waals surface area contributed by atoms with Gasteiger partial charge in [-0.2, -0.15) is 0 Å². The summed E-state index contributed by atoms with van der Waals surface area (Å²) in [6, 6.07) is 10.1. The molecule has 0 bridgehead atoms. The lowest BCUT2D eigenvalue weighted by molar-refractivity contribution is -0.114. The second-order valence-electron chi connectivity index (χ2n) is 5.91. The normalized spacial score (nSPS) is 10.9.